The van der Waals surface area contributed by atoms with Crippen LogP contribution in [0.5, 0.6) is 0 Å². The highest BCUT2D eigenvalue weighted by Gasteiger charge is 2.37. The quantitative estimate of drug-likeness (QED) is 0.137. The second-order valence-electron chi connectivity index (χ2n) is 9.36. The smallest absolute Gasteiger partial charge is 0.407 e. The third kappa shape index (κ3) is 14.1. The lowest BCUT2D eigenvalue weighted by Crippen LogP contribution is -2.47. The molecule has 1 aromatic rings. The van der Waals surface area contributed by atoms with E-state index in [1.54, 1.807) is 0 Å². The van der Waals surface area contributed by atoms with Crippen molar-refractivity contribution in [3.8, 4) is 0 Å². The van der Waals surface area contributed by atoms with E-state index < -0.39 is 48.2 Å². The fourth-order valence-electron chi connectivity index (χ4n) is 3.97. The maximum absolute atomic E-state index is 12.9. The first-order valence-corrected chi connectivity index (χ1v) is 13.6. The summed E-state index contributed by atoms with van der Waals surface area (Å²) in [6.45, 7) is 0.223. The van der Waals surface area contributed by atoms with Gasteiger partial charge in [-0.05, 0) is 24.5 Å². The van der Waals surface area contributed by atoms with Crippen molar-refractivity contribution in [2.45, 2.75) is 63.4 Å². The van der Waals surface area contributed by atoms with Crippen molar-refractivity contribution in [2.24, 2.45) is 0 Å². The van der Waals surface area contributed by atoms with E-state index in [1.165, 1.54) is 6.08 Å². The molecule has 0 saturated heterocycles. The maximum atomic E-state index is 12.9. The lowest BCUT2D eigenvalue weighted by Gasteiger charge is -2.36. The van der Waals surface area contributed by atoms with Gasteiger partial charge in [-0.25, -0.2) is 4.79 Å². The molecule has 0 unspecified atom stereocenters. The number of nitrogens with one attached hydrogen (secondary N) is 2. The van der Waals surface area contributed by atoms with Crippen molar-refractivity contribution in [3.05, 3.63) is 47.5 Å². The molecule has 2 rings (SSSR count). The molecule has 0 heterocycles. The number of alkyl carbamates (subject to hydrolysis) is 1. The molecule has 1 aliphatic rings. The van der Waals surface area contributed by atoms with Gasteiger partial charge in [-0.1, -0.05) is 30.3 Å². The van der Waals surface area contributed by atoms with Crippen molar-refractivity contribution in [3.63, 3.8) is 0 Å². The van der Waals surface area contributed by atoms with E-state index >= 15 is 0 Å². The molecule has 0 fully saturated rings. The first-order chi connectivity index (χ1) is 20.2. The Morgan fingerprint density at radius 2 is 1.33 bits per heavy atom. The largest absolute Gasteiger partial charge is 0.481 e. The molecule has 0 spiro atoms. The SMILES string of the molecule is O=C(O)CCO[C@@H]1[C@H](OCCC(=O)O)C=C(C(=O)NCCCCNC(=O)OCc2ccccc2)C[C@H]1OCCC(=O)O. The summed E-state index contributed by atoms with van der Waals surface area (Å²) in [4.78, 5) is 57.7. The second-order valence-corrected chi connectivity index (χ2v) is 9.36. The van der Waals surface area contributed by atoms with Crippen LogP contribution in [0.2, 0.25) is 0 Å². The van der Waals surface area contributed by atoms with Crippen LogP contribution < -0.4 is 10.6 Å². The Morgan fingerprint density at radius 1 is 0.762 bits per heavy atom. The molecule has 3 atom stereocenters. The number of carbonyl (C=O) groups excluding carboxylic acids is 2. The minimum Gasteiger partial charge on any atom is -0.481 e. The monoisotopic (exact) mass is 594 g/mol. The van der Waals surface area contributed by atoms with Crippen LogP contribution in [0.15, 0.2) is 42.0 Å². The fourth-order valence-corrected chi connectivity index (χ4v) is 3.97. The van der Waals surface area contributed by atoms with Crippen LogP contribution in [0.1, 0.15) is 44.1 Å². The number of ether oxygens (including phenoxy) is 4. The Kier molecular flexibility index (Phi) is 15.6. The molecule has 0 bridgehead atoms. The van der Waals surface area contributed by atoms with E-state index in [-0.39, 0.29) is 57.7 Å². The van der Waals surface area contributed by atoms with Crippen LogP contribution in [-0.2, 0) is 44.7 Å². The number of benzene rings is 1. The molecule has 0 aliphatic heterocycles. The summed E-state index contributed by atoms with van der Waals surface area (Å²) < 4.78 is 22.2. The van der Waals surface area contributed by atoms with Gasteiger partial charge in [0.2, 0.25) is 5.91 Å². The number of carboxylic acid groups (broad SMARTS) is 3. The predicted octanol–water partition coefficient (Wildman–Crippen LogP) is 1.72. The Balaban J connectivity index is 1.89. The summed E-state index contributed by atoms with van der Waals surface area (Å²) in [5.74, 6) is -3.69. The summed E-state index contributed by atoms with van der Waals surface area (Å²) in [6.07, 6.45) is -1.49. The van der Waals surface area contributed by atoms with Crippen LogP contribution in [0.4, 0.5) is 4.79 Å². The zero-order valence-corrected chi connectivity index (χ0v) is 23.2. The highest BCUT2D eigenvalue weighted by Crippen LogP contribution is 2.27. The van der Waals surface area contributed by atoms with E-state index in [0.717, 1.165) is 5.56 Å². The number of carboxylic acids is 3. The maximum Gasteiger partial charge on any atom is 0.407 e. The van der Waals surface area contributed by atoms with Gasteiger partial charge >= 0.3 is 24.0 Å². The highest BCUT2D eigenvalue weighted by molar-refractivity contribution is 5.93. The molecular weight excluding hydrogens is 556 g/mol. The molecule has 232 valence electrons. The summed E-state index contributed by atoms with van der Waals surface area (Å²) in [6, 6.07) is 9.26. The van der Waals surface area contributed by atoms with E-state index in [4.69, 9.17) is 34.3 Å². The van der Waals surface area contributed by atoms with Gasteiger partial charge < -0.3 is 44.9 Å². The third-order valence-electron chi connectivity index (χ3n) is 6.04. The van der Waals surface area contributed by atoms with Crippen LogP contribution in [0.25, 0.3) is 0 Å². The zero-order valence-electron chi connectivity index (χ0n) is 23.2. The normalized spacial score (nSPS) is 18.0. The van der Waals surface area contributed by atoms with Gasteiger partial charge in [0.15, 0.2) is 0 Å². The van der Waals surface area contributed by atoms with Gasteiger partial charge in [-0.15, -0.1) is 0 Å². The summed E-state index contributed by atoms with van der Waals surface area (Å²) in [5, 5.41) is 32.3. The number of rotatable bonds is 20. The summed E-state index contributed by atoms with van der Waals surface area (Å²) in [5.41, 5.74) is 1.14. The zero-order chi connectivity index (χ0) is 30.7. The van der Waals surface area contributed by atoms with E-state index in [2.05, 4.69) is 10.6 Å². The number of hydrogen-bond acceptors (Lipinski definition) is 9. The lowest BCUT2D eigenvalue weighted by molar-refractivity contribution is -0.153. The van der Waals surface area contributed by atoms with Gasteiger partial charge in [0.05, 0.1) is 45.2 Å². The van der Waals surface area contributed by atoms with Gasteiger partial charge in [0.1, 0.15) is 18.8 Å². The summed E-state index contributed by atoms with van der Waals surface area (Å²) in [7, 11) is 0. The van der Waals surface area contributed by atoms with Crippen LogP contribution in [-0.4, -0.2) is 96.4 Å². The molecular formula is C28H38N2O12. The molecule has 2 amide bonds. The molecule has 14 heteroatoms. The molecule has 0 saturated carbocycles. The third-order valence-corrected chi connectivity index (χ3v) is 6.04. The van der Waals surface area contributed by atoms with Crippen LogP contribution >= 0.6 is 0 Å². The van der Waals surface area contributed by atoms with E-state index in [1.807, 2.05) is 30.3 Å². The summed E-state index contributed by atoms with van der Waals surface area (Å²) >= 11 is 0. The fraction of sp³-hybridized carbons (Fsp3) is 0.536. The first kappa shape index (κ1) is 34.2. The van der Waals surface area contributed by atoms with Crippen molar-refractivity contribution in [2.75, 3.05) is 32.9 Å². The Labute approximate surface area is 243 Å². The molecule has 42 heavy (non-hydrogen) atoms. The topological polar surface area (TPSA) is 207 Å². The molecule has 5 N–H and O–H groups in total. The Bertz CT molecular complexity index is 1060. The second kappa shape index (κ2) is 19.2. The van der Waals surface area contributed by atoms with Crippen molar-refractivity contribution in [1.82, 2.24) is 10.6 Å². The minimum absolute atomic E-state index is 0.0385. The van der Waals surface area contributed by atoms with Gasteiger partial charge in [-0.3, -0.25) is 19.2 Å². The van der Waals surface area contributed by atoms with Gasteiger partial charge in [0, 0.05) is 25.1 Å². The van der Waals surface area contributed by atoms with E-state index in [0.29, 0.717) is 25.9 Å². The average Bonchev–Trinajstić information content (AvgIpc) is 2.94. The Hall–Kier alpha value is -4.01. The highest BCUT2D eigenvalue weighted by atomic mass is 16.6. The van der Waals surface area contributed by atoms with Crippen molar-refractivity contribution < 1.29 is 58.2 Å². The van der Waals surface area contributed by atoms with Gasteiger partial charge in [0.25, 0.3) is 0 Å². The van der Waals surface area contributed by atoms with Crippen LogP contribution in [0.3, 0.4) is 0 Å². The average molecular weight is 595 g/mol. The number of amides is 2. The standard InChI is InChI=1S/C28H38N2O12/c31-23(32)8-13-39-21-16-20(17-22(40-14-9-24(33)34)26(21)41-15-10-25(35)36)27(37)29-11-4-5-12-30-28(38)42-18-19-6-2-1-3-7-19/h1-3,6-7,16,21-22,26H,4-5,8-15,17-18H2,(H,29,37)(H,30,38)(H,31,32)(H,33,34)(H,35,36)/t21-,22-,26-/m1/s1. The van der Waals surface area contributed by atoms with E-state index in [9.17, 15) is 24.0 Å². The van der Waals surface area contributed by atoms with Crippen molar-refractivity contribution >= 4 is 29.9 Å². The number of carbonyl (C=O) groups is 5. The van der Waals surface area contributed by atoms with Crippen LogP contribution in [0, 0.1) is 0 Å². The molecule has 14 nitrogen and oxygen atoms in total. The number of hydrogen-bond donors (Lipinski definition) is 5. The number of aliphatic carboxylic acids is 3. The minimum atomic E-state index is -1.09. The first-order valence-electron chi connectivity index (χ1n) is 13.6. The van der Waals surface area contributed by atoms with Crippen molar-refractivity contribution in [1.29, 1.82) is 0 Å². The molecule has 0 aromatic heterocycles. The lowest BCUT2D eigenvalue weighted by atomic mass is 9.91. The number of unbranched alkanes of at least 4 members (excludes halogenated alkanes) is 1. The van der Waals surface area contributed by atoms with Gasteiger partial charge in [-0.2, -0.15) is 0 Å². The molecule has 1 aromatic carbocycles. The predicted molar refractivity (Wildman–Crippen MR) is 146 cm³/mol. The molecule has 1 aliphatic carbocycles. The Morgan fingerprint density at radius 3 is 1.95 bits per heavy atom. The molecule has 0 radical (unpaired) electrons.